The van der Waals surface area contributed by atoms with Crippen molar-refractivity contribution in [1.29, 1.82) is 0 Å². The molecule has 8 nitrogen and oxygen atoms in total. The van der Waals surface area contributed by atoms with Gasteiger partial charge in [-0.05, 0) is 153 Å². The third-order valence-corrected chi connectivity index (χ3v) is 8.90. The third-order valence-electron chi connectivity index (χ3n) is 8.90. The monoisotopic (exact) mass is 746 g/mol. The van der Waals surface area contributed by atoms with Crippen molar-refractivity contribution < 1.29 is 19.7 Å². The molecule has 53 heavy (non-hydrogen) atoms. The molecular weight excluding hydrogens is 685 g/mol. The van der Waals surface area contributed by atoms with E-state index in [1.165, 1.54) is 70.2 Å². The van der Waals surface area contributed by atoms with Crippen molar-refractivity contribution in [2.24, 2.45) is 10.4 Å². The molecule has 6 rings (SSSR count). The number of aryl methyl sites for hydroxylation is 12. The smallest absolute Gasteiger partial charge is 0.381 e. The summed E-state index contributed by atoms with van der Waals surface area (Å²) in [5.74, 6) is 0. The Morgan fingerprint density at radius 3 is 0.830 bits per heavy atom. The molecule has 280 valence electrons. The summed E-state index contributed by atoms with van der Waals surface area (Å²) in [5, 5.41) is 14.5. The summed E-state index contributed by atoms with van der Waals surface area (Å²) >= 11 is 0. The first-order chi connectivity index (χ1) is 24.8. The van der Waals surface area contributed by atoms with E-state index in [0.29, 0.717) is 0 Å². The summed E-state index contributed by atoms with van der Waals surface area (Å²) in [7, 11) is 0. The topological polar surface area (TPSA) is 99.3 Å². The number of nitrogens with zero attached hydrogens (tertiary/aromatic N) is 4. The number of hydrogen-bond donors (Lipinski definition) is 2. The minimum absolute atomic E-state index is 0. The first-order valence-corrected chi connectivity index (χ1v) is 18.6. The van der Waals surface area contributed by atoms with Crippen LogP contribution < -0.4 is 10.2 Å². The van der Waals surface area contributed by atoms with E-state index in [2.05, 4.69) is 163 Å². The maximum Gasteiger partial charge on any atom is 2.00 e. The minimum Gasteiger partial charge on any atom is -0.381 e. The molecule has 4 aromatic rings. The Balaban J connectivity index is 0.000000285. The van der Waals surface area contributed by atoms with E-state index in [4.69, 9.17) is 9.47 Å². The molecule has 2 fully saturated rings. The van der Waals surface area contributed by atoms with Gasteiger partial charge in [-0.1, -0.05) is 81.2 Å². The Bertz CT molecular complexity index is 1590. The molecule has 0 aliphatic carbocycles. The van der Waals surface area contributed by atoms with Crippen LogP contribution in [-0.4, -0.2) is 64.2 Å². The second-order valence-corrected chi connectivity index (χ2v) is 14.3. The van der Waals surface area contributed by atoms with E-state index in [1.807, 2.05) is 0 Å². The van der Waals surface area contributed by atoms with Crippen LogP contribution in [0.2, 0.25) is 0 Å². The second-order valence-electron chi connectivity index (χ2n) is 14.3. The van der Waals surface area contributed by atoms with Crippen LogP contribution in [0.5, 0.6) is 0 Å². The molecule has 0 amide bonds. The molecule has 0 saturated carbocycles. The van der Waals surface area contributed by atoms with Crippen LogP contribution in [0.4, 0.5) is 22.7 Å². The Labute approximate surface area is 349 Å². The van der Waals surface area contributed by atoms with Crippen molar-refractivity contribution in [3.05, 3.63) is 126 Å². The molecule has 4 aromatic carbocycles. The fourth-order valence-electron chi connectivity index (χ4n) is 6.64. The van der Waals surface area contributed by atoms with E-state index < -0.39 is 0 Å². The molecule has 2 heterocycles. The normalized spacial score (nSPS) is 13.4. The molecule has 0 unspecified atom stereocenters. The van der Waals surface area contributed by atoms with Crippen molar-refractivity contribution in [1.82, 2.24) is 0 Å². The van der Waals surface area contributed by atoms with Crippen molar-refractivity contribution >= 4 is 60.5 Å². The van der Waals surface area contributed by atoms with Gasteiger partial charge < -0.3 is 9.47 Å². The van der Waals surface area contributed by atoms with E-state index in [0.717, 1.165) is 71.4 Å². The molecule has 9 heteroatoms. The van der Waals surface area contributed by atoms with Crippen molar-refractivity contribution in [2.75, 3.05) is 26.4 Å². The maximum absolute atomic E-state index is 4.94. The zero-order valence-electron chi connectivity index (χ0n) is 34.6. The number of rotatable bonds is 6. The van der Waals surface area contributed by atoms with E-state index in [9.17, 15) is 0 Å². The van der Waals surface area contributed by atoms with Crippen molar-refractivity contribution in [3.63, 3.8) is 0 Å². The van der Waals surface area contributed by atoms with Crippen LogP contribution in [-0.2, 0) is 9.47 Å². The SMILES string of the molecule is C1CCOC1.C1CCOC1.Cc1cc(C)c([N-]N=[NH+]c2c(C)cc(C)cc2C)c(C)c1.Cc1cc(C)c([N-]N=[NH+]c2c(C)cc(C)cc2C)c(C)c1.[Ca+2]. The molecule has 2 aliphatic rings. The van der Waals surface area contributed by atoms with Gasteiger partial charge >= 0.3 is 37.7 Å². The van der Waals surface area contributed by atoms with Gasteiger partial charge in [0.1, 0.15) is 0 Å². The predicted molar refractivity (Wildman–Crippen MR) is 221 cm³/mol. The fourth-order valence-corrected chi connectivity index (χ4v) is 6.64. The average Bonchev–Trinajstić information content (AvgIpc) is 3.83. The molecule has 2 N–H and O–H groups in total. The van der Waals surface area contributed by atoms with Gasteiger partial charge in [0.2, 0.25) is 0 Å². The van der Waals surface area contributed by atoms with Gasteiger partial charge in [0.25, 0.3) is 0 Å². The minimum atomic E-state index is 0. The summed E-state index contributed by atoms with van der Waals surface area (Å²) in [4.78, 5) is 0. The van der Waals surface area contributed by atoms with Gasteiger partial charge in [-0.15, -0.1) is 10.9 Å². The Morgan fingerprint density at radius 1 is 0.396 bits per heavy atom. The van der Waals surface area contributed by atoms with E-state index in [1.54, 1.807) is 0 Å². The van der Waals surface area contributed by atoms with Gasteiger partial charge in [0.05, 0.1) is 22.7 Å². The summed E-state index contributed by atoms with van der Waals surface area (Å²) in [5.41, 5.74) is 27.0. The molecule has 2 saturated heterocycles. The van der Waals surface area contributed by atoms with Crippen molar-refractivity contribution in [2.45, 2.75) is 109 Å². The molecule has 0 atom stereocenters. The molecule has 0 bridgehead atoms. The second kappa shape index (κ2) is 23.6. The largest absolute Gasteiger partial charge is 2.00 e. The van der Waals surface area contributed by atoms with Gasteiger partial charge in [-0.25, -0.2) is 0 Å². The van der Waals surface area contributed by atoms with Gasteiger partial charge in [0, 0.05) is 26.4 Å². The maximum atomic E-state index is 4.94. The van der Waals surface area contributed by atoms with Crippen LogP contribution in [0.1, 0.15) is 92.4 Å². The number of benzene rings is 4. The summed E-state index contributed by atoms with van der Waals surface area (Å²) in [6.07, 6.45) is 5.11. The summed E-state index contributed by atoms with van der Waals surface area (Å²) < 4.78 is 9.89. The Morgan fingerprint density at radius 2 is 0.623 bits per heavy atom. The molecule has 0 aromatic heterocycles. The van der Waals surface area contributed by atoms with Crippen molar-refractivity contribution in [3.8, 4) is 0 Å². The molecule has 0 radical (unpaired) electrons. The quantitative estimate of drug-likeness (QED) is 0.117. The Kier molecular flexibility index (Phi) is 20.5. The van der Waals surface area contributed by atoms with Gasteiger partial charge in [-0.3, -0.25) is 10.2 Å². The van der Waals surface area contributed by atoms with Crippen LogP contribution in [0.25, 0.3) is 10.9 Å². The van der Waals surface area contributed by atoms with Crippen LogP contribution in [0.3, 0.4) is 0 Å². The predicted octanol–water partition coefficient (Wildman–Crippen LogP) is 9.86. The molecule has 2 aliphatic heterocycles. The number of ether oxygens (including phenoxy) is 2. The zero-order chi connectivity index (χ0) is 38.2. The van der Waals surface area contributed by atoms with Gasteiger partial charge in [0.15, 0.2) is 0 Å². The van der Waals surface area contributed by atoms with Crippen LogP contribution in [0.15, 0.2) is 59.0 Å². The summed E-state index contributed by atoms with van der Waals surface area (Å²) in [6, 6.07) is 17.1. The van der Waals surface area contributed by atoms with Crippen LogP contribution >= 0.6 is 0 Å². The molecule has 0 spiro atoms. The van der Waals surface area contributed by atoms with Crippen LogP contribution in [0, 0.1) is 83.1 Å². The third kappa shape index (κ3) is 15.6. The van der Waals surface area contributed by atoms with E-state index in [-0.39, 0.29) is 37.7 Å². The molecular formula is C44H62CaN6O2+2. The average molecular weight is 747 g/mol. The first-order valence-electron chi connectivity index (χ1n) is 18.6. The first kappa shape index (κ1) is 46.0. The standard InChI is InChI=1S/2C18H22N3.2C4H8O.Ca/c2*1-11-7-13(3)17(14(4)8-11)19-21-20-18-15(5)9-12(2)10-16(18)6;2*1-2-4-5-3-1;/h2*7-10H,1-6H3;2*1-4H2;/q2*-1;;;+2/p+2. The number of hydrogen-bond acceptors (Lipinski definition) is 4. The van der Waals surface area contributed by atoms with E-state index >= 15 is 0 Å². The summed E-state index contributed by atoms with van der Waals surface area (Å²) in [6.45, 7) is 29.0. The Hall–Kier alpha value is -3.14. The zero-order valence-corrected chi connectivity index (χ0v) is 36.8. The van der Waals surface area contributed by atoms with Gasteiger partial charge in [-0.2, -0.15) is 0 Å². The number of nitrogens with one attached hydrogen (secondary N) is 2. The fraction of sp³-hybridized carbons (Fsp3) is 0.455.